The Kier molecular flexibility index (Phi) is 5.03. The Hall–Kier alpha value is -2.10. The van der Waals surface area contributed by atoms with Crippen LogP contribution < -0.4 is 10.6 Å². The van der Waals surface area contributed by atoms with Crippen LogP contribution in [-0.4, -0.2) is 12.5 Å². The number of nitriles is 1. The fourth-order valence-electron chi connectivity index (χ4n) is 3.01. The second-order valence-electron chi connectivity index (χ2n) is 6.33. The summed E-state index contributed by atoms with van der Waals surface area (Å²) in [5.41, 5.74) is 1.78. The maximum absolute atomic E-state index is 12.2. The maximum atomic E-state index is 12.2. The van der Waals surface area contributed by atoms with Crippen LogP contribution in [0.15, 0.2) is 22.8 Å². The highest BCUT2D eigenvalue weighted by atomic mass is 32.1. The lowest BCUT2D eigenvalue weighted by Crippen LogP contribution is -2.29. The summed E-state index contributed by atoms with van der Waals surface area (Å²) in [6, 6.07) is 5.92. The number of furan rings is 1. The minimum Gasteiger partial charge on any atom is -0.468 e. The monoisotopic (exact) mass is 343 g/mol. The van der Waals surface area contributed by atoms with Crippen molar-refractivity contribution in [1.29, 1.82) is 5.26 Å². The molecule has 24 heavy (non-hydrogen) atoms. The average Bonchev–Trinajstić information content (AvgIpc) is 3.19. The lowest BCUT2D eigenvalue weighted by atomic mass is 9.89. The van der Waals surface area contributed by atoms with Gasteiger partial charge in [-0.1, -0.05) is 6.92 Å². The fourth-order valence-corrected chi connectivity index (χ4v) is 4.39. The van der Waals surface area contributed by atoms with Crippen LogP contribution in [-0.2, 0) is 17.6 Å². The van der Waals surface area contributed by atoms with Crippen LogP contribution in [0.5, 0.6) is 0 Å². The summed E-state index contributed by atoms with van der Waals surface area (Å²) in [4.78, 5) is 13.5. The van der Waals surface area contributed by atoms with Crippen molar-refractivity contribution in [2.75, 3.05) is 11.9 Å². The van der Waals surface area contributed by atoms with Gasteiger partial charge >= 0.3 is 0 Å². The van der Waals surface area contributed by atoms with Crippen molar-refractivity contribution in [2.45, 2.75) is 39.2 Å². The van der Waals surface area contributed by atoms with Crippen LogP contribution in [0.4, 0.5) is 5.00 Å². The van der Waals surface area contributed by atoms with Crippen molar-refractivity contribution in [2.24, 2.45) is 5.92 Å². The molecule has 0 saturated carbocycles. The molecule has 5 nitrogen and oxygen atoms in total. The van der Waals surface area contributed by atoms with Gasteiger partial charge in [-0.2, -0.15) is 5.26 Å². The zero-order valence-corrected chi connectivity index (χ0v) is 14.7. The standard InChI is InChI=1S/C18H21N3O2S/c1-11-5-6-13-14(9-19)18(24-16(13)8-11)21-17(22)10-20-12(2)15-4-3-7-23-15/h3-4,7,11-12,20H,5-6,8,10H2,1-2H3,(H,21,22)/t11-,12+/m0/s1. The summed E-state index contributed by atoms with van der Waals surface area (Å²) in [5.74, 6) is 1.29. The number of carbonyl (C=O) groups is 1. The molecule has 0 fully saturated rings. The molecule has 1 aliphatic rings. The third-order valence-electron chi connectivity index (χ3n) is 4.42. The van der Waals surface area contributed by atoms with Gasteiger partial charge in [0.25, 0.3) is 0 Å². The molecular formula is C18H21N3O2S. The Morgan fingerprint density at radius 3 is 3.12 bits per heavy atom. The molecule has 2 heterocycles. The van der Waals surface area contributed by atoms with Crippen molar-refractivity contribution >= 4 is 22.2 Å². The Morgan fingerprint density at radius 1 is 1.58 bits per heavy atom. The number of rotatable bonds is 5. The second-order valence-corrected chi connectivity index (χ2v) is 7.44. The van der Waals surface area contributed by atoms with Gasteiger partial charge in [0.15, 0.2) is 0 Å². The largest absolute Gasteiger partial charge is 0.468 e. The summed E-state index contributed by atoms with van der Waals surface area (Å²) < 4.78 is 5.31. The molecule has 0 saturated heterocycles. The normalized spacial score (nSPS) is 17.8. The van der Waals surface area contributed by atoms with Crippen molar-refractivity contribution in [3.05, 3.63) is 40.2 Å². The fraction of sp³-hybridized carbons (Fsp3) is 0.444. The molecule has 1 amide bonds. The lowest BCUT2D eigenvalue weighted by molar-refractivity contribution is -0.115. The summed E-state index contributed by atoms with van der Waals surface area (Å²) in [6.07, 6.45) is 4.65. The number of carbonyl (C=O) groups excluding carboxylic acids is 1. The number of hydrogen-bond donors (Lipinski definition) is 2. The van der Waals surface area contributed by atoms with Gasteiger partial charge in [-0.25, -0.2) is 0 Å². The SMILES string of the molecule is C[C@H]1CCc2c(sc(NC(=O)CN[C@H](C)c3ccco3)c2C#N)C1. The van der Waals surface area contributed by atoms with E-state index in [2.05, 4.69) is 23.6 Å². The predicted octanol–water partition coefficient (Wildman–Crippen LogP) is 3.63. The second kappa shape index (κ2) is 7.20. The van der Waals surface area contributed by atoms with Gasteiger partial charge < -0.3 is 9.73 Å². The van der Waals surface area contributed by atoms with E-state index in [0.29, 0.717) is 16.5 Å². The lowest BCUT2D eigenvalue weighted by Gasteiger charge is -2.17. The van der Waals surface area contributed by atoms with E-state index in [0.717, 1.165) is 30.6 Å². The van der Waals surface area contributed by atoms with E-state index in [1.54, 1.807) is 17.6 Å². The average molecular weight is 343 g/mol. The number of anilines is 1. The van der Waals surface area contributed by atoms with Crippen LogP contribution in [0.25, 0.3) is 0 Å². The van der Waals surface area contributed by atoms with Crippen LogP contribution in [0.3, 0.4) is 0 Å². The highest BCUT2D eigenvalue weighted by Gasteiger charge is 2.24. The number of fused-ring (bicyclic) bond motifs is 1. The third-order valence-corrected chi connectivity index (χ3v) is 5.58. The number of hydrogen-bond acceptors (Lipinski definition) is 5. The molecule has 2 aromatic heterocycles. The minimum atomic E-state index is -0.142. The van der Waals surface area contributed by atoms with Gasteiger partial charge in [-0.3, -0.25) is 10.1 Å². The topological polar surface area (TPSA) is 78.1 Å². The third kappa shape index (κ3) is 3.53. The molecule has 126 valence electrons. The highest BCUT2D eigenvalue weighted by molar-refractivity contribution is 7.16. The number of amides is 1. The summed E-state index contributed by atoms with van der Waals surface area (Å²) >= 11 is 1.55. The summed E-state index contributed by atoms with van der Waals surface area (Å²) in [6.45, 7) is 4.34. The zero-order valence-electron chi connectivity index (χ0n) is 13.9. The van der Waals surface area contributed by atoms with Gasteiger partial charge in [0.1, 0.15) is 16.8 Å². The molecular weight excluding hydrogens is 322 g/mol. The number of nitrogens with one attached hydrogen (secondary N) is 2. The molecule has 0 aromatic carbocycles. The van der Waals surface area contributed by atoms with E-state index < -0.39 is 0 Å². The first-order valence-corrected chi connectivity index (χ1v) is 9.01. The molecule has 1 aliphatic carbocycles. The molecule has 2 N–H and O–H groups in total. The van der Waals surface area contributed by atoms with Gasteiger partial charge in [-0.05, 0) is 49.8 Å². The van der Waals surface area contributed by atoms with E-state index in [4.69, 9.17) is 4.42 Å². The predicted molar refractivity (Wildman–Crippen MR) is 94.0 cm³/mol. The first kappa shape index (κ1) is 16.7. The van der Waals surface area contributed by atoms with E-state index in [1.807, 2.05) is 19.1 Å². The van der Waals surface area contributed by atoms with E-state index in [-0.39, 0.29) is 18.5 Å². The van der Waals surface area contributed by atoms with E-state index in [1.165, 1.54) is 4.88 Å². The molecule has 0 radical (unpaired) electrons. The Labute approximate surface area is 145 Å². The molecule has 0 bridgehead atoms. The molecule has 2 aromatic rings. The maximum Gasteiger partial charge on any atom is 0.238 e. The molecule has 0 unspecified atom stereocenters. The molecule has 0 aliphatic heterocycles. The van der Waals surface area contributed by atoms with Gasteiger partial charge in [0.2, 0.25) is 5.91 Å². The Balaban J connectivity index is 1.63. The first-order valence-electron chi connectivity index (χ1n) is 8.19. The van der Waals surface area contributed by atoms with E-state index in [9.17, 15) is 10.1 Å². The summed E-state index contributed by atoms with van der Waals surface area (Å²) in [7, 11) is 0. The Bertz CT molecular complexity index is 758. The summed E-state index contributed by atoms with van der Waals surface area (Å²) in [5, 5.41) is 16.2. The minimum absolute atomic E-state index is 0.0430. The molecule has 6 heteroatoms. The van der Waals surface area contributed by atoms with Gasteiger partial charge in [-0.15, -0.1) is 11.3 Å². The van der Waals surface area contributed by atoms with Gasteiger partial charge in [0.05, 0.1) is 24.4 Å². The van der Waals surface area contributed by atoms with Crippen molar-refractivity contribution in [3.8, 4) is 6.07 Å². The van der Waals surface area contributed by atoms with Crippen LogP contribution in [0.2, 0.25) is 0 Å². The zero-order chi connectivity index (χ0) is 17.1. The highest BCUT2D eigenvalue weighted by Crippen LogP contribution is 2.39. The number of thiophene rings is 1. The molecule has 0 spiro atoms. The molecule has 3 rings (SSSR count). The van der Waals surface area contributed by atoms with Gasteiger partial charge in [0, 0.05) is 4.88 Å². The van der Waals surface area contributed by atoms with Crippen molar-refractivity contribution in [1.82, 2.24) is 5.32 Å². The van der Waals surface area contributed by atoms with Crippen molar-refractivity contribution in [3.63, 3.8) is 0 Å². The van der Waals surface area contributed by atoms with Crippen LogP contribution >= 0.6 is 11.3 Å². The number of nitrogens with zero attached hydrogens (tertiary/aromatic N) is 1. The smallest absolute Gasteiger partial charge is 0.238 e. The van der Waals surface area contributed by atoms with Crippen LogP contribution in [0.1, 0.15) is 48.1 Å². The van der Waals surface area contributed by atoms with Crippen LogP contribution in [0, 0.1) is 17.2 Å². The van der Waals surface area contributed by atoms with Crippen molar-refractivity contribution < 1.29 is 9.21 Å². The van der Waals surface area contributed by atoms with E-state index >= 15 is 0 Å². The first-order chi connectivity index (χ1) is 11.6. The Morgan fingerprint density at radius 2 is 2.42 bits per heavy atom. The quantitative estimate of drug-likeness (QED) is 0.869. The molecule has 2 atom stereocenters.